The normalized spacial score (nSPS) is 12.2. The zero-order valence-electron chi connectivity index (χ0n) is 15.0. The molecule has 0 aliphatic heterocycles. The molecule has 0 fully saturated rings. The highest BCUT2D eigenvalue weighted by molar-refractivity contribution is 5.92. The van der Waals surface area contributed by atoms with E-state index in [1.807, 2.05) is 38.5 Å². The maximum absolute atomic E-state index is 5.68. The van der Waals surface area contributed by atoms with E-state index in [0.717, 1.165) is 40.1 Å². The number of nitrogens with zero attached hydrogens (tertiary/aromatic N) is 3. The number of hydrogen-bond acceptors (Lipinski definition) is 5. The van der Waals surface area contributed by atoms with Crippen molar-refractivity contribution in [3.05, 3.63) is 48.7 Å². The average Bonchev–Trinajstić information content (AvgIpc) is 2.62. The van der Waals surface area contributed by atoms with Crippen LogP contribution < -0.4 is 16.0 Å². The number of anilines is 2. The van der Waals surface area contributed by atoms with Crippen LogP contribution in [0.5, 0.6) is 0 Å². The molecule has 2 heterocycles. The minimum atomic E-state index is 0.257. The summed E-state index contributed by atoms with van der Waals surface area (Å²) in [4.78, 5) is 11.5. The molecule has 0 spiro atoms. The smallest absolute Gasteiger partial charge is 0.136 e. The molecule has 3 aromatic rings. The highest BCUT2D eigenvalue weighted by Crippen LogP contribution is 2.28. The molecule has 0 aliphatic carbocycles. The summed E-state index contributed by atoms with van der Waals surface area (Å²) in [6.45, 7) is 2.77. The van der Waals surface area contributed by atoms with Gasteiger partial charge in [0, 0.05) is 43.0 Å². The third-order valence-corrected chi connectivity index (χ3v) is 4.26. The van der Waals surface area contributed by atoms with Crippen molar-refractivity contribution in [1.82, 2.24) is 9.97 Å². The van der Waals surface area contributed by atoms with E-state index in [1.165, 1.54) is 0 Å². The number of nitrogens with one attached hydrogen (secondary N) is 1. The van der Waals surface area contributed by atoms with Crippen molar-refractivity contribution >= 4 is 22.4 Å². The number of pyridine rings is 2. The van der Waals surface area contributed by atoms with E-state index in [0.29, 0.717) is 6.54 Å². The summed E-state index contributed by atoms with van der Waals surface area (Å²) >= 11 is 0. The van der Waals surface area contributed by atoms with Crippen LogP contribution in [-0.2, 0) is 0 Å². The van der Waals surface area contributed by atoms with Crippen molar-refractivity contribution in [3.63, 3.8) is 0 Å². The van der Waals surface area contributed by atoms with Gasteiger partial charge >= 0.3 is 0 Å². The molecule has 2 aromatic heterocycles. The standard InChI is InChI=1S/C20H25N5/c1-14(10-11-21)23-20-17-5-4-12-22-19(17)13-18(24-20)15-6-8-16(9-7-15)25(2)3/h4-9,12-14H,10-11,21H2,1-3H3,(H,23,24). The lowest BCUT2D eigenvalue weighted by Gasteiger charge is -2.17. The second-order valence-corrected chi connectivity index (χ2v) is 6.49. The lowest BCUT2D eigenvalue weighted by molar-refractivity contribution is 0.714. The second kappa shape index (κ2) is 7.49. The minimum absolute atomic E-state index is 0.257. The summed E-state index contributed by atoms with van der Waals surface area (Å²) in [5.41, 5.74) is 9.77. The first-order valence-electron chi connectivity index (χ1n) is 8.58. The molecule has 0 amide bonds. The van der Waals surface area contributed by atoms with Gasteiger partial charge < -0.3 is 16.0 Å². The first kappa shape index (κ1) is 17.2. The average molecular weight is 335 g/mol. The Kier molecular flexibility index (Phi) is 5.14. The monoisotopic (exact) mass is 335 g/mol. The molecule has 5 heteroatoms. The van der Waals surface area contributed by atoms with E-state index >= 15 is 0 Å². The lowest BCUT2D eigenvalue weighted by Crippen LogP contribution is -2.20. The van der Waals surface area contributed by atoms with Crippen LogP contribution >= 0.6 is 0 Å². The lowest BCUT2D eigenvalue weighted by atomic mass is 10.1. The molecule has 0 saturated carbocycles. The first-order valence-corrected chi connectivity index (χ1v) is 8.58. The van der Waals surface area contributed by atoms with Gasteiger partial charge in [-0.15, -0.1) is 0 Å². The van der Waals surface area contributed by atoms with Gasteiger partial charge in [-0.05, 0) is 50.2 Å². The number of aromatic nitrogens is 2. The number of fused-ring (bicyclic) bond motifs is 1. The number of benzene rings is 1. The van der Waals surface area contributed by atoms with Crippen molar-refractivity contribution in [3.8, 4) is 11.3 Å². The van der Waals surface area contributed by atoms with E-state index in [1.54, 1.807) is 0 Å². The molecule has 0 saturated heterocycles. The Balaban J connectivity index is 2.03. The number of hydrogen-bond donors (Lipinski definition) is 2. The predicted octanol–water partition coefficient (Wildman–Crippen LogP) is 3.51. The maximum atomic E-state index is 5.68. The van der Waals surface area contributed by atoms with E-state index < -0.39 is 0 Å². The molecule has 3 N–H and O–H groups in total. The molecule has 3 rings (SSSR count). The summed E-state index contributed by atoms with van der Waals surface area (Å²) < 4.78 is 0. The van der Waals surface area contributed by atoms with Gasteiger partial charge in [0.25, 0.3) is 0 Å². The van der Waals surface area contributed by atoms with Gasteiger partial charge in [0.2, 0.25) is 0 Å². The summed E-state index contributed by atoms with van der Waals surface area (Å²) in [7, 11) is 4.07. The van der Waals surface area contributed by atoms with Crippen molar-refractivity contribution in [2.24, 2.45) is 5.73 Å². The van der Waals surface area contributed by atoms with Gasteiger partial charge in [0.05, 0.1) is 11.2 Å². The van der Waals surface area contributed by atoms with Crippen LogP contribution in [0.1, 0.15) is 13.3 Å². The van der Waals surface area contributed by atoms with Crippen LogP contribution in [0.3, 0.4) is 0 Å². The fourth-order valence-corrected chi connectivity index (χ4v) is 2.82. The second-order valence-electron chi connectivity index (χ2n) is 6.49. The Morgan fingerprint density at radius 3 is 2.60 bits per heavy atom. The van der Waals surface area contributed by atoms with E-state index in [2.05, 4.69) is 46.4 Å². The summed E-state index contributed by atoms with van der Waals surface area (Å²) in [5, 5.41) is 4.51. The van der Waals surface area contributed by atoms with Gasteiger partial charge in [-0.3, -0.25) is 4.98 Å². The molecule has 0 bridgehead atoms. The topological polar surface area (TPSA) is 67.1 Å². The van der Waals surface area contributed by atoms with Crippen molar-refractivity contribution in [2.75, 3.05) is 30.9 Å². The Morgan fingerprint density at radius 1 is 1.16 bits per heavy atom. The van der Waals surface area contributed by atoms with E-state index in [4.69, 9.17) is 10.7 Å². The zero-order chi connectivity index (χ0) is 17.8. The molecule has 5 nitrogen and oxygen atoms in total. The van der Waals surface area contributed by atoms with Crippen molar-refractivity contribution in [1.29, 1.82) is 0 Å². The predicted molar refractivity (Wildman–Crippen MR) is 106 cm³/mol. The van der Waals surface area contributed by atoms with Gasteiger partial charge in [-0.2, -0.15) is 0 Å². The fraction of sp³-hybridized carbons (Fsp3) is 0.300. The summed E-state index contributed by atoms with van der Waals surface area (Å²) in [6, 6.07) is 14.7. The summed E-state index contributed by atoms with van der Waals surface area (Å²) in [5.74, 6) is 0.859. The molecule has 130 valence electrons. The molecular weight excluding hydrogens is 310 g/mol. The van der Waals surface area contributed by atoms with Crippen molar-refractivity contribution in [2.45, 2.75) is 19.4 Å². The van der Waals surface area contributed by atoms with Gasteiger partial charge in [-0.25, -0.2) is 4.98 Å². The van der Waals surface area contributed by atoms with Crippen LogP contribution in [0.15, 0.2) is 48.7 Å². The van der Waals surface area contributed by atoms with Crippen molar-refractivity contribution < 1.29 is 0 Å². The Bertz CT molecular complexity index is 842. The zero-order valence-corrected chi connectivity index (χ0v) is 15.0. The van der Waals surface area contributed by atoms with Crippen LogP contribution in [0.2, 0.25) is 0 Å². The Labute approximate surface area is 148 Å². The quantitative estimate of drug-likeness (QED) is 0.721. The molecular formula is C20H25N5. The van der Waals surface area contributed by atoms with Crippen LogP contribution in [0.25, 0.3) is 22.2 Å². The maximum Gasteiger partial charge on any atom is 0.136 e. The number of nitrogens with two attached hydrogens (primary N) is 1. The third-order valence-electron chi connectivity index (χ3n) is 4.26. The van der Waals surface area contributed by atoms with Crippen LogP contribution in [0, 0.1) is 0 Å². The molecule has 1 atom stereocenters. The molecule has 1 aromatic carbocycles. The highest BCUT2D eigenvalue weighted by atomic mass is 15.1. The van der Waals surface area contributed by atoms with Crippen LogP contribution in [0.4, 0.5) is 11.5 Å². The Hall–Kier alpha value is -2.66. The first-order chi connectivity index (χ1) is 12.1. The Morgan fingerprint density at radius 2 is 1.92 bits per heavy atom. The fourth-order valence-electron chi connectivity index (χ4n) is 2.82. The number of rotatable bonds is 6. The van der Waals surface area contributed by atoms with Gasteiger partial charge in [-0.1, -0.05) is 12.1 Å². The van der Waals surface area contributed by atoms with E-state index in [-0.39, 0.29) is 6.04 Å². The highest BCUT2D eigenvalue weighted by Gasteiger charge is 2.11. The SMILES string of the molecule is CC(CCN)Nc1nc(-c2ccc(N(C)C)cc2)cc2ncccc12. The largest absolute Gasteiger partial charge is 0.378 e. The molecule has 0 radical (unpaired) electrons. The van der Waals surface area contributed by atoms with Crippen LogP contribution in [-0.4, -0.2) is 36.6 Å². The molecule has 1 unspecified atom stereocenters. The van der Waals surface area contributed by atoms with Gasteiger partial charge in [0.1, 0.15) is 5.82 Å². The minimum Gasteiger partial charge on any atom is -0.378 e. The molecule has 25 heavy (non-hydrogen) atoms. The summed E-state index contributed by atoms with van der Waals surface area (Å²) in [6.07, 6.45) is 2.71. The molecule has 0 aliphatic rings. The third kappa shape index (κ3) is 3.88. The van der Waals surface area contributed by atoms with Gasteiger partial charge in [0.15, 0.2) is 0 Å². The van der Waals surface area contributed by atoms with E-state index in [9.17, 15) is 0 Å².